The molecule has 1 aromatic rings. The first kappa shape index (κ1) is 15.5. The first-order valence-corrected chi connectivity index (χ1v) is 7.82. The highest BCUT2D eigenvalue weighted by Gasteiger charge is 2.34. The van der Waals surface area contributed by atoms with Gasteiger partial charge in [-0.05, 0) is 37.5 Å². The molecule has 2 rings (SSSR count). The van der Waals surface area contributed by atoms with Crippen LogP contribution in [-0.2, 0) is 16.0 Å². The molecule has 1 atom stereocenters. The van der Waals surface area contributed by atoms with Crippen LogP contribution in [0.5, 0.6) is 0 Å². The van der Waals surface area contributed by atoms with Gasteiger partial charge in [0.15, 0.2) is 0 Å². The van der Waals surface area contributed by atoms with Gasteiger partial charge in [0.25, 0.3) is 0 Å². The monoisotopic (exact) mass is 288 g/mol. The maximum atomic E-state index is 12.1. The number of amides is 2. The third-order valence-corrected chi connectivity index (χ3v) is 3.91. The molecule has 1 N–H and O–H groups in total. The molecule has 0 spiro atoms. The lowest BCUT2D eigenvalue weighted by atomic mass is 10.1. The standard InChI is InChI=1S/C17H24N2O2/c1-3-5-6-13-7-9-15(10-8-13)19-12-14(11-16(19)20)17(21)18-4-2/h7-10,14H,3-6,11-12H2,1-2H3,(H,18,21)/t14-/m1/s1. The predicted octanol–water partition coefficient (Wildman–Crippen LogP) is 2.52. The summed E-state index contributed by atoms with van der Waals surface area (Å²) < 4.78 is 0. The lowest BCUT2D eigenvalue weighted by Gasteiger charge is -2.17. The Labute approximate surface area is 126 Å². The van der Waals surface area contributed by atoms with E-state index in [1.807, 2.05) is 19.1 Å². The van der Waals surface area contributed by atoms with Gasteiger partial charge in [-0.3, -0.25) is 9.59 Å². The Morgan fingerprint density at radius 3 is 2.62 bits per heavy atom. The predicted molar refractivity (Wildman–Crippen MR) is 84.2 cm³/mol. The number of benzene rings is 1. The molecule has 0 saturated carbocycles. The Morgan fingerprint density at radius 2 is 2.00 bits per heavy atom. The van der Waals surface area contributed by atoms with Crippen LogP contribution in [-0.4, -0.2) is 24.9 Å². The lowest BCUT2D eigenvalue weighted by molar-refractivity contribution is -0.126. The Hall–Kier alpha value is -1.84. The zero-order valence-electron chi connectivity index (χ0n) is 12.9. The van der Waals surface area contributed by atoms with Crippen molar-refractivity contribution in [3.05, 3.63) is 29.8 Å². The summed E-state index contributed by atoms with van der Waals surface area (Å²) in [4.78, 5) is 25.7. The van der Waals surface area contributed by atoms with E-state index in [0.717, 1.165) is 12.1 Å². The van der Waals surface area contributed by atoms with Crippen LogP contribution >= 0.6 is 0 Å². The first-order chi connectivity index (χ1) is 10.2. The number of anilines is 1. The summed E-state index contributed by atoms with van der Waals surface area (Å²) in [6, 6.07) is 8.14. The highest BCUT2D eigenvalue weighted by molar-refractivity contribution is 6.00. The van der Waals surface area contributed by atoms with E-state index in [-0.39, 0.29) is 17.7 Å². The fourth-order valence-electron chi connectivity index (χ4n) is 2.67. The SMILES string of the molecule is CCCCc1ccc(N2C[C@H](C(=O)NCC)CC2=O)cc1. The van der Waals surface area contributed by atoms with Crippen molar-refractivity contribution in [2.24, 2.45) is 5.92 Å². The molecule has 1 heterocycles. The molecule has 0 aromatic heterocycles. The second-order valence-electron chi connectivity index (χ2n) is 5.57. The number of hydrogen-bond donors (Lipinski definition) is 1. The van der Waals surface area contributed by atoms with Gasteiger partial charge in [0.1, 0.15) is 0 Å². The third-order valence-electron chi connectivity index (χ3n) is 3.91. The van der Waals surface area contributed by atoms with E-state index < -0.39 is 0 Å². The van der Waals surface area contributed by atoms with Crippen LogP contribution in [0, 0.1) is 5.92 Å². The minimum absolute atomic E-state index is 0.0204. The molecule has 21 heavy (non-hydrogen) atoms. The molecular formula is C17H24N2O2. The average molecular weight is 288 g/mol. The molecule has 4 nitrogen and oxygen atoms in total. The summed E-state index contributed by atoms with van der Waals surface area (Å²) in [7, 11) is 0. The summed E-state index contributed by atoms with van der Waals surface area (Å²) in [5, 5.41) is 2.79. The van der Waals surface area contributed by atoms with Gasteiger partial charge in [-0.1, -0.05) is 25.5 Å². The van der Waals surface area contributed by atoms with E-state index in [0.29, 0.717) is 19.5 Å². The maximum absolute atomic E-state index is 12.1. The van der Waals surface area contributed by atoms with Crippen LogP contribution in [0.25, 0.3) is 0 Å². The largest absolute Gasteiger partial charge is 0.356 e. The van der Waals surface area contributed by atoms with Crippen molar-refractivity contribution in [1.82, 2.24) is 5.32 Å². The molecule has 0 bridgehead atoms. The van der Waals surface area contributed by atoms with Gasteiger partial charge in [0, 0.05) is 25.2 Å². The molecule has 1 aromatic carbocycles. The topological polar surface area (TPSA) is 49.4 Å². The molecule has 1 aliphatic heterocycles. The number of rotatable bonds is 6. The van der Waals surface area contributed by atoms with Gasteiger partial charge in [-0.25, -0.2) is 0 Å². The molecule has 1 fully saturated rings. The maximum Gasteiger partial charge on any atom is 0.227 e. The number of aryl methyl sites for hydroxylation is 1. The molecule has 0 aliphatic carbocycles. The van der Waals surface area contributed by atoms with E-state index in [2.05, 4.69) is 24.4 Å². The van der Waals surface area contributed by atoms with Crippen molar-refractivity contribution in [1.29, 1.82) is 0 Å². The van der Waals surface area contributed by atoms with Gasteiger partial charge in [-0.2, -0.15) is 0 Å². The molecule has 1 aliphatic rings. The zero-order valence-corrected chi connectivity index (χ0v) is 12.9. The van der Waals surface area contributed by atoms with Crippen molar-refractivity contribution in [2.45, 2.75) is 39.5 Å². The third kappa shape index (κ3) is 3.84. The number of nitrogens with zero attached hydrogens (tertiary/aromatic N) is 1. The molecule has 0 unspecified atom stereocenters. The van der Waals surface area contributed by atoms with Gasteiger partial charge < -0.3 is 10.2 Å². The Kier molecular flexibility index (Phi) is 5.37. The summed E-state index contributed by atoms with van der Waals surface area (Å²) >= 11 is 0. The van der Waals surface area contributed by atoms with E-state index >= 15 is 0 Å². The quantitative estimate of drug-likeness (QED) is 0.874. The number of carbonyl (C=O) groups is 2. The van der Waals surface area contributed by atoms with Gasteiger partial charge in [0.05, 0.1) is 5.92 Å². The van der Waals surface area contributed by atoms with E-state index in [9.17, 15) is 9.59 Å². The highest BCUT2D eigenvalue weighted by Crippen LogP contribution is 2.25. The van der Waals surface area contributed by atoms with Crippen molar-refractivity contribution < 1.29 is 9.59 Å². The summed E-state index contributed by atoms with van der Waals surface area (Å²) in [5.41, 5.74) is 2.19. The van der Waals surface area contributed by atoms with Crippen LogP contribution in [0.3, 0.4) is 0 Å². The first-order valence-electron chi connectivity index (χ1n) is 7.82. The minimum Gasteiger partial charge on any atom is -0.356 e. The van der Waals surface area contributed by atoms with Gasteiger partial charge >= 0.3 is 0 Å². The van der Waals surface area contributed by atoms with Gasteiger partial charge in [0.2, 0.25) is 11.8 Å². The Bertz CT molecular complexity index is 496. The summed E-state index contributed by atoms with van der Waals surface area (Å²) in [5.74, 6) is -0.210. The van der Waals surface area contributed by atoms with Gasteiger partial charge in [-0.15, -0.1) is 0 Å². The smallest absolute Gasteiger partial charge is 0.227 e. The van der Waals surface area contributed by atoms with Crippen LogP contribution < -0.4 is 10.2 Å². The fourth-order valence-corrected chi connectivity index (χ4v) is 2.67. The number of unbranched alkanes of at least 4 members (excludes halogenated alkanes) is 1. The summed E-state index contributed by atoms with van der Waals surface area (Å²) in [6.07, 6.45) is 3.75. The van der Waals surface area contributed by atoms with Crippen molar-refractivity contribution >= 4 is 17.5 Å². The Morgan fingerprint density at radius 1 is 1.29 bits per heavy atom. The van der Waals surface area contributed by atoms with Crippen LogP contribution in [0.1, 0.15) is 38.7 Å². The fraction of sp³-hybridized carbons (Fsp3) is 0.529. The second kappa shape index (κ2) is 7.25. The second-order valence-corrected chi connectivity index (χ2v) is 5.57. The van der Waals surface area contributed by atoms with Crippen LogP contribution in [0.15, 0.2) is 24.3 Å². The Balaban J connectivity index is 2.01. The molecular weight excluding hydrogens is 264 g/mol. The molecule has 0 radical (unpaired) electrons. The lowest BCUT2D eigenvalue weighted by Crippen LogP contribution is -2.32. The average Bonchev–Trinajstić information content (AvgIpc) is 2.88. The van der Waals surface area contributed by atoms with Crippen molar-refractivity contribution in [2.75, 3.05) is 18.0 Å². The molecule has 1 saturated heterocycles. The van der Waals surface area contributed by atoms with E-state index in [1.165, 1.54) is 18.4 Å². The zero-order chi connectivity index (χ0) is 15.2. The molecule has 114 valence electrons. The highest BCUT2D eigenvalue weighted by atomic mass is 16.2. The number of carbonyl (C=O) groups excluding carboxylic acids is 2. The normalized spacial score (nSPS) is 18.1. The number of hydrogen-bond acceptors (Lipinski definition) is 2. The molecule has 4 heteroatoms. The molecule has 2 amide bonds. The minimum atomic E-state index is -0.225. The van der Waals surface area contributed by atoms with E-state index in [1.54, 1.807) is 4.90 Å². The van der Waals surface area contributed by atoms with Crippen LogP contribution in [0.4, 0.5) is 5.69 Å². The summed E-state index contributed by atoms with van der Waals surface area (Å²) in [6.45, 7) is 5.16. The van der Waals surface area contributed by atoms with Crippen molar-refractivity contribution in [3.8, 4) is 0 Å². The van der Waals surface area contributed by atoms with Crippen LogP contribution in [0.2, 0.25) is 0 Å². The van der Waals surface area contributed by atoms with Crippen molar-refractivity contribution in [3.63, 3.8) is 0 Å². The van der Waals surface area contributed by atoms with E-state index in [4.69, 9.17) is 0 Å². The number of nitrogens with one attached hydrogen (secondary N) is 1.